The van der Waals surface area contributed by atoms with Crippen molar-refractivity contribution in [2.75, 3.05) is 4.90 Å². The summed E-state index contributed by atoms with van der Waals surface area (Å²) in [5.41, 5.74) is 10.7. The Kier molecular flexibility index (Phi) is 5.45. The van der Waals surface area contributed by atoms with Crippen molar-refractivity contribution < 1.29 is 9.47 Å². The zero-order chi connectivity index (χ0) is 35.1. The molecule has 0 saturated carbocycles. The van der Waals surface area contributed by atoms with E-state index in [-0.39, 0.29) is 6.71 Å². The van der Waals surface area contributed by atoms with Crippen molar-refractivity contribution in [1.29, 1.82) is 0 Å². The molecule has 0 N–H and O–H groups in total. The van der Waals surface area contributed by atoms with Gasteiger partial charge in [-0.1, -0.05) is 133 Å². The predicted octanol–water partition coefficient (Wildman–Crippen LogP) is 6.99. The van der Waals surface area contributed by atoms with Crippen molar-refractivity contribution in [1.82, 2.24) is 4.57 Å². The highest BCUT2D eigenvalue weighted by molar-refractivity contribution is 7.27. The second-order valence-corrected chi connectivity index (χ2v) is 18.4. The first-order valence-electron chi connectivity index (χ1n) is 18.6. The lowest BCUT2D eigenvalue weighted by Gasteiger charge is -2.50. The summed E-state index contributed by atoms with van der Waals surface area (Å²) in [4.78, 5) is 2.45. The van der Waals surface area contributed by atoms with Crippen LogP contribution in [0.3, 0.4) is 0 Å². The van der Waals surface area contributed by atoms with E-state index in [2.05, 4.69) is 185 Å². The number of anilines is 3. The Morgan fingerprint density at radius 1 is 0.407 bits per heavy atom. The van der Waals surface area contributed by atoms with Gasteiger partial charge >= 0.3 is 0 Å². The number of para-hydroxylation sites is 7. The van der Waals surface area contributed by atoms with E-state index in [1.54, 1.807) is 0 Å². The summed E-state index contributed by atoms with van der Waals surface area (Å²) in [7, 11) is -2.95. The van der Waals surface area contributed by atoms with E-state index in [0.29, 0.717) is 0 Å². The van der Waals surface area contributed by atoms with Gasteiger partial charge in [-0.05, 0) is 80.2 Å². The Hall–Kier alpha value is -6.76. The van der Waals surface area contributed by atoms with Crippen LogP contribution in [0.4, 0.5) is 17.1 Å². The van der Waals surface area contributed by atoms with Crippen molar-refractivity contribution in [2.45, 2.75) is 0 Å². The molecule has 1 aromatic heterocycles. The SMILES string of the molecule is c1ccc2c(c1)Oc1cccc3c1N2c1ccccc1[Si]31c2ccccc2B2c3cccc(-n4c5ccccc5c5ccccc54)c3Oc3cccc1c32. The van der Waals surface area contributed by atoms with Crippen LogP contribution in [0, 0.1) is 0 Å². The maximum absolute atomic E-state index is 7.29. The van der Waals surface area contributed by atoms with Gasteiger partial charge < -0.3 is 18.9 Å². The van der Waals surface area contributed by atoms with E-state index in [9.17, 15) is 0 Å². The lowest BCUT2D eigenvalue weighted by Crippen LogP contribution is -2.88. The van der Waals surface area contributed by atoms with Crippen molar-refractivity contribution in [3.05, 3.63) is 176 Å². The van der Waals surface area contributed by atoms with E-state index in [1.807, 2.05) is 0 Å². The normalized spacial score (nSPS) is 16.4. The Labute approximate surface area is 313 Å². The maximum atomic E-state index is 7.29. The van der Waals surface area contributed by atoms with Crippen molar-refractivity contribution in [3.63, 3.8) is 0 Å². The van der Waals surface area contributed by atoms with Crippen LogP contribution in [0.1, 0.15) is 0 Å². The monoisotopic (exact) mass is 704 g/mol. The first-order valence-corrected chi connectivity index (χ1v) is 20.6. The quantitative estimate of drug-likeness (QED) is 0.173. The van der Waals surface area contributed by atoms with Gasteiger partial charge in [-0.3, -0.25) is 0 Å². The van der Waals surface area contributed by atoms with Crippen molar-refractivity contribution in [2.24, 2.45) is 0 Å². The number of aromatic nitrogens is 1. The number of nitrogens with zero attached hydrogens (tertiary/aromatic N) is 2. The number of benzene rings is 8. The molecular formula is C48H29BN2O2Si. The molecule has 4 aliphatic rings. The summed E-state index contributed by atoms with van der Waals surface area (Å²) in [6, 6.07) is 64.4. The molecule has 0 saturated heterocycles. The van der Waals surface area contributed by atoms with E-state index in [1.165, 1.54) is 64.6 Å². The van der Waals surface area contributed by atoms with E-state index in [4.69, 9.17) is 9.47 Å². The number of rotatable bonds is 1. The van der Waals surface area contributed by atoms with E-state index >= 15 is 0 Å². The number of fused-ring (bicyclic) bond motifs is 15. The minimum Gasteiger partial charge on any atom is -0.456 e. The standard InChI is InChI=1S/C48H29BN2O2Si/c1-4-18-34-30(14-1)31-15-2-5-19-35(31)50(34)38-22-11-17-33-48(38)53-40-24-12-28-44-46(40)49(33)32-16-3-9-26-42(32)54(44)43-27-10-7-21-37(43)51-36-20-6-8-23-39(36)52-41-25-13-29-45(54)47(41)51/h1-29H. The fraction of sp³-hybridized carbons (Fsp3) is 0. The smallest absolute Gasteiger partial charge is 0.250 e. The van der Waals surface area contributed by atoms with Gasteiger partial charge in [0.1, 0.15) is 11.5 Å². The van der Waals surface area contributed by atoms with Gasteiger partial charge in [-0.15, -0.1) is 0 Å². The highest BCUT2D eigenvalue weighted by Gasteiger charge is 2.57. The average Bonchev–Trinajstić information content (AvgIpc) is 3.57. The molecule has 0 amide bonds. The van der Waals surface area contributed by atoms with Crippen LogP contribution in [0.2, 0.25) is 0 Å². The molecule has 54 heavy (non-hydrogen) atoms. The van der Waals surface area contributed by atoms with E-state index in [0.717, 1.165) is 40.1 Å². The molecule has 1 unspecified atom stereocenters. The second kappa shape index (κ2) is 10.2. The van der Waals surface area contributed by atoms with Gasteiger partial charge in [0.15, 0.2) is 19.6 Å². The van der Waals surface area contributed by atoms with Crippen LogP contribution in [-0.2, 0) is 0 Å². The van der Waals surface area contributed by atoms with Gasteiger partial charge in [-0.2, -0.15) is 0 Å². The molecule has 0 bridgehead atoms. The second-order valence-electron chi connectivity index (χ2n) is 14.7. The lowest BCUT2D eigenvalue weighted by molar-refractivity contribution is 0.477. The molecule has 9 aromatic rings. The molecule has 0 aliphatic carbocycles. The molecule has 8 aromatic carbocycles. The third-order valence-corrected chi connectivity index (χ3v) is 17.3. The lowest BCUT2D eigenvalue weighted by atomic mass is 9.35. The molecule has 0 radical (unpaired) electrons. The molecule has 0 fully saturated rings. The largest absolute Gasteiger partial charge is 0.456 e. The fourth-order valence-corrected chi connectivity index (χ4v) is 16.0. The average molecular weight is 705 g/mol. The first kappa shape index (κ1) is 28.8. The van der Waals surface area contributed by atoms with Crippen LogP contribution >= 0.6 is 0 Å². The zero-order valence-corrected chi connectivity index (χ0v) is 30.0. The van der Waals surface area contributed by atoms with Crippen LogP contribution in [0.5, 0.6) is 23.0 Å². The highest BCUT2D eigenvalue weighted by Crippen LogP contribution is 2.51. The van der Waals surface area contributed by atoms with Gasteiger partial charge in [0.2, 0.25) is 0 Å². The van der Waals surface area contributed by atoms with Crippen molar-refractivity contribution >= 4 is 90.8 Å². The van der Waals surface area contributed by atoms with Crippen LogP contribution < -0.4 is 51.5 Å². The predicted molar refractivity (Wildman–Crippen MR) is 224 cm³/mol. The summed E-state index contributed by atoms with van der Waals surface area (Å²) in [5, 5.41) is 8.02. The van der Waals surface area contributed by atoms with Gasteiger partial charge in [0.25, 0.3) is 6.71 Å². The Morgan fingerprint density at radius 2 is 0.981 bits per heavy atom. The van der Waals surface area contributed by atoms with Crippen LogP contribution in [0.15, 0.2) is 176 Å². The highest BCUT2D eigenvalue weighted by atomic mass is 28.3. The molecule has 5 heterocycles. The molecule has 6 heteroatoms. The molecule has 1 spiro atoms. The summed E-state index contributed by atoms with van der Waals surface area (Å²) in [6.07, 6.45) is 0. The summed E-state index contributed by atoms with van der Waals surface area (Å²) in [5.74, 6) is 3.63. The van der Waals surface area contributed by atoms with Gasteiger partial charge in [0, 0.05) is 16.5 Å². The minimum absolute atomic E-state index is 0.00372. The minimum atomic E-state index is -2.95. The van der Waals surface area contributed by atoms with Crippen LogP contribution in [0.25, 0.3) is 27.5 Å². The van der Waals surface area contributed by atoms with Gasteiger partial charge in [0.05, 0.1) is 28.1 Å². The fourth-order valence-electron chi connectivity index (χ4n) is 10.4. The van der Waals surface area contributed by atoms with Gasteiger partial charge in [-0.25, -0.2) is 0 Å². The number of hydrogen-bond acceptors (Lipinski definition) is 3. The molecular weight excluding hydrogens is 675 g/mol. The molecule has 250 valence electrons. The van der Waals surface area contributed by atoms with E-state index < -0.39 is 8.07 Å². The third kappa shape index (κ3) is 3.36. The first-order chi connectivity index (χ1) is 26.8. The maximum Gasteiger partial charge on any atom is 0.250 e. The molecule has 13 rings (SSSR count). The third-order valence-electron chi connectivity index (χ3n) is 12.3. The molecule has 1 atom stereocenters. The topological polar surface area (TPSA) is 26.6 Å². The molecule has 4 nitrogen and oxygen atoms in total. The zero-order valence-electron chi connectivity index (χ0n) is 29.0. The number of ether oxygens (including phenoxy) is 2. The summed E-state index contributed by atoms with van der Waals surface area (Å²) >= 11 is 0. The summed E-state index contributed by atoms with van der Waals surface area (Å²) < 4.78 is 16.4. The molecule has 4 aliphatic heterocycles. The Morgan fingerprint density at radius 3 is 1.81 bits per heavy atom. The van der Waals surface area contributed by atoms with Crippen LogP contribution in [-0.4, -0.2) is 19.4 Å². The number of hydrogen-bond donors (Lipinski definition) is 0. The van der Waals surface area contributed by atoms with Crippen molar-refractivity contribution in [3.8, 4) is 28.7 Å². The Bertz CT molecular complexity index is 3060. The Balaban J connectivity index is 1.12. The summed E-state index contributed by atoms with van der Waals surface area (Å²) in [6.45, 7) is 0.00372.